The molecule has 0 saturated carbocycles. The third kappa shape index (κ3) is 3.75. The predicted octanol–water partition coefficient (Wildman–Crippen LogP) is 1.85. The van der Waals surface area contributed by atoms with Crippen molar-refractivity contribution >= 4 is 11.5 Å². The van der Waals surface area contributed by atoms with Gasteiger partial charge in [0.05, 0.1) is 19.3 Å². The average Bonchev–Trinajstić information content (AvgIpc) is 2.35. The molecule has 0 aliphatic carbocycles. The van der Waals surface area contributed by atoms with Crippen molar-refractivity contribution in [1.29, 1.82) is 0 Å². The number of benzene rings is 1. The van der Waals surface area contributed by atoms with Crippen LogP contribution in [0, 0.1) is 0 Å². The van der Waals surface area contributed by atoms with Crippen LogP contribution in [0.25, 0.3) is 0 Å². The second-order valence-corrected chi connectivity index (χ2v) is 4.07. The van der Waals surface area contributed by atoms with Gasteiger partial charge in [-0.15, -0.1) is 0 Å². The number of carbonyl (C=O) groups is 1. The molecule has 0 aromatic heterocycles. The van der Waals surface area contributed by atoms with E-state index in [1.165, 1.54) is 0 Å². The predicted molar refractivity (Wildman–Crippen MR) is 69.5 cm³/mol. The first-order valence-electron chi connectivity index (χ1n) is 5.78. The summed E-state index contributed by atoms with van der Waals surface area (Å²) in [6, 6.07) is 5.44. The fraction of sp³-hybridized carbons (Fsp3) is 0.462. The van der Waals surface area contributed by atoms with Crippen molar-refractivity contribution in [3.8, 4) is 5.75 Å². The minimum Gasteiger partial charge on any atom is -0.495 e. The number of nitrogen functional groups attached to an aromatic ring is 1. The zero-order valence-electron chi connectivity index (χ0n) is 10.6. The lowest BCUT2D eigenvalue weighted by Crippen LogP contribution is -2.30. The molecule has 94 valence electrons. The van der Waals surface area contributed by atoms with Gasteiger partial charge < -0.3 is 15.8 Å². The largest absolute Gasteiger partial charge is 0.495 e. The number of anilines is 1. The molecule has 1 rings (SSSR count). The van der Waals surface area contributed by atoms with E-state index in [0.717, 1.165) is 6.42 Å². The second-order valence-electron chi connectivity index (χ2n) is 4.07. The first-order valence-corrected chi connectivity index (χ1v) is 5.78. The minimum absolute atomic E-state index is 0.0413. The van der Waals surface area contributed by atoms with Gasteiger partial charge in [0.15, 0.2) is 5.78 Å². The van der Waals surface area contributed by atoms with E-state index in [2.05, 4.69) is 19.2 Å². The van der Waals surface area contributed by atoms with Crippen molar-refractivity contribution in [3.63, 3.8) is 0 Å². The first kappa shape index (κ1) is 13.5. The molecule has 0 fully saturated rings. The van der Waals surface area contributed by atoms with Crippen molar-refractivity contribution in [3.05, 3.63) is 23.8 Å². The van der Waals surface area contributed by atoms with Crippen LogP contribution in [0.3, 0.4) is 0 Å². The number of nitrogens with one attached hydrogen (secondary N) is 1. The van der Waals surface area contributed by atoms with E-state index in [4.69, 9.17) is 10.5 Å². The van der Waals surface area contributed by atoms with E-state index >= 15 is 0 Å². The Kier molecular flexibility index (Phi) is 4.97. The molecule has 0 bridgehead atoms. The van der Waals surface area contributed by atoms with Gasteiger partial charge in [-0.25, -0.2) is 0 Å². The van der Waals surface area contributed by atoms with Crippen molar-refractivity contribution in [2.75, 3.05) is 19.4 Å². The van der Waals surface area contributed by atoms with Crippen LogP contribution in [0.1, 0.15) is 30.6 Å². The van der Waals surface area contributed by atoms with Gasteiger partial charge in [0.1, 0.15) is 5.75 Å². The SMILES string of the molecule is CCC(C)NCC(=O)c1ccc(OC)c(N)c1. The molecule has 0 radical (unpaired) electrons. The topological polar surface area (TPSA) is 64.3 Å². The van der Waals surface area contributed by atoms with E-state index in [9.17, 15) is 4.79 Å². The Labute approximate surface area is 102 Å². The number of nitrogens with two attached hydrogens (primary N) is 1. The Bertz CT molecular complexity index is 391. The fourth-order valence-corrected chi connectivity index (χ4v) is 1.42. The summed E-state index contributed by atoms with van der Waals surface area (Å²) in [5.41, 5.74) is 6.85. The van der Waals surface area contributed by atoms with Gasteiger partial charge >= 0.3 is 0 Å². The number of rotatable bonds is 6. The lowest BCUT2D eigenvalue weighted by molar-refractivity contribution is 0.0987. The number of methoxy groups -OCH3 is 1. The molecule has 1 unspecified atom stereocenters. The molecule has 0 aliphatic rings. The van der Waals surface area contributed by atoms with Crippen LogP contribution in [0.15, 0.2) is 18.2 Å². The fourth-order valence-electron chi connectivity index (χ4n) is 1.42. The van der Waals surface area contributed by atoms with Crippen LogP contribution in [0.2, 0.25) is 0 Å². The van der Waals surface area contributed by atoms with Gasteiger partial charge in [0, 0.05) is 11.6 Å². The molecular formula is C13H20N2O2. The van der Waals surface area contributed by atoms with Crippen molar-refractivity contribution in [2.45, 2.75) is 26.3 Å². The second kappa shape index (κ2) is 6.25. The zero-order chi connectivity index (χ0) is 12.8. The monoisotopic (exact) mass is 236 g/mol. The van der Waals surface area contributed by atoms with Crippen LogP contribution in [-0.4, -0.2) is 25.5 Å². The van der Waals surface area contributed by atoms with Gasteiger partial charge in [0.25, 0.3) is 0 Å². The summed E-state index contributed by atoms with van der Waals surface area (Å²) in [6.45, 7) is 4.46. The highest BCUT2D eigenvalue weighted by Gasteiger charge is 2.09. The minimum atomic E-state index is 0.0413. The Morgan fingerprint density at radius 1 is 1.53 bits per heavy atom. The van der Waals surface area contributed by atoms with Crippen LogP contribution in [0.5, 0.6) is 5.75 Å². The highest BCUT2D eigenvalue weighted by Crippen LogP contribution is 2.21. The number of Topliss-reactive ketones (excluding diaryl/α,β-unsaturated/α-hetero) is 1. The Hall–Kier alpha value is -1.55. The standard InChI is InChI=1S/C13H20N2O2/c1-4-9(2)15-8-12(16)10-5-6-13(17-3)11(14)7-10/h5-7,9,15H,4,8,14H2,1-3H3. The third-order valence-corrected chi connectivity index (χ3v) is 2.78. The van der Waals surface area contributed by atoms with Crippen LogP contribution < -0.4 is 15.8 Å². The van der Waals surface area contributed by atoms with E-state index in [1.807, 2.05) is 0 Å². The molecule has 4 heteroatoms. The van der Waals surface area contributed by atoms with E-state index < -0.39 is 0 Å². The molecule has 0 aliphatic heterocycles. The lowest BCUT2D eigenvalue weighted by Gasteiger charge is -2.11. The summed E-state index contributed by atoms with van der Waals surface area (Å²) in [4.78, 5) is 11.9. The number of carbonyl (C=O) groups excluding carboxylic acids is 1. The maximum absolute atomic E-state index is 11.9. The van der Waals surface area contributed by atoms with E-state index in [-0.39, 0.29) is 5.78 Å². The molecule has 0 saturated heterocycles. The van der Waals surface area contributed by atoms with Crippen molar-refractivity contribution in [1.82, 2.24) is 5.32 Å². The molecule has 1 atom stereocenters. The molecule has 4 nitrogen and oxygen atoms in total. The van der Waals surface area contributed by atoms with Crippen molar-refractivity contribution < 1.29 is 9.53 Å². The van der Waals surface area contributed by atoms with Gasteiger partial charge in [-0.2, -0.15) is 0 Å². The van der Waals surface area contributed by atoms with E-state index in [0.29, 0.717) is 29.6 Å². The summed E-state index contributed by atoms with van der Waals surface area (Å²) in [5, 5.41) is 3.16. The lowest BCUT2D eigenvalue weighted by atomic mass is 10.1. The Balaban J connectivity index is 2.66. The summed E-state index contributed by atoms with van der Waals surface area (Å²) < 4.78 is 5.04. The van der Waals surface area contributed by atoms with Crippen LogP contribution in [-0.2, 0) is 0 Å². The number of ketones is 1. The maximum Gasteiger partial charge on any atom is 0.176 e. The van der Waals surface area contributed by atoms with Crippen molar-refractivity contribution in [2.24, 2.45) is 0 Å². The zero-order valence-corrected chi connectivity index (χ0v) is 10.6. The molecule has 0 spiro atoms. The summed E-state index contributed by atoms with van der Waals surface area (Å²) in [5.74, 6) is 0.635. The van der Waals surface area contributed by atoms with Gasteiger partial charge in [-0.05, 0) is 31.5 Å². The highest BCUT2D eigenvalue weighted by atomic mass is 16.5. The number of hydrogen-bond donors (Lipinski definition) is 2. The normalized spacial score (nSPS) is 12.2. The third-order valence-electron chi connectivity index (χ3n) is 2.78. The quantitative estimate of drug-likeness (QED) is 0.584. The summed E-state index contributed by atoms with van der Waals surface area (Å²) in [6.07, 6.45) is 0.998. The Morgan fingerprint density at radius 2 is 2.24 bits per heavy atom. The summed E-state index contributed by atoms with van der Waals surface area (Å²) in [7, 11) is 1.55. The molecular weight excluding hydrogens is 216 g/mol. The molecule has 1 aromatic carbocycles. The number of hydrogen-bond acceptors (Lipinski definition) is 4. The molecule has 0 heterocycles. The molecule has 0 amide bonds. The Morgan fingerprint density at radius 3 is 2.76 bits per heavy atom. The smallest absolute Gasteiger partial charge is 0.176 e. The molecule has 17 heavy (non-hydrogen) atoms. The van der Waals surface area contributed by atoms with Gasteiger partial charge in [-0.3, -0.25) is 4.79 Å². The van der Waals surface area contributed by atoms with E-state index in [1.54, 1.807) is 25.3 Å². The molecule has 3 N–H and O–H groups in total. The van der Waals surface area contributed by atoms with Crippen LogP contribution in [0.4, 0.5) is 5.69 Å². The summed E-state index contributed by atoms with van der Waals surface area (Å²) >= 11 is 0. The van der Waals surface area contributed by atoms with Gasteiger partial charge in [-0.1, -0.05) is 6.92 Å². The number of ether oxygens (including phenoxy) is 1. The van der Waals surface area contributed by atoms with Crippen LogP contribution >= 0.6 is 0 Å². The maximum atomic E-state index is 11.9. The highest BCUT2D eigenvalue weighted by molar-refractivity contribution is 5.98. The van der Waals surface area contributed by atoms with Gasteiger partial charge in [0.2, 0.25) is 0 Å². The average molecular weight is 236 g/mol. The first-order chi connectivity index (χ1) is 8.08. The molecule has 1 aromatic rings.